The molecular weight excluding hydrogens is 308 g/mol. The second-order valence-corrected chi connectivity index (χ2v) is 7.00. The van der Waals surface area contributed by atoms with E-state index in [2.05, 4.69) is 61.6 Å². The van der Waals surface area contributed by atoms with Crippen LogP contribution in [0.25, 0.3) is 5.57 Å². The van der Waals surface area contributed by atoms with Crippen LogP contribution in [0, 0.1) is 0 Å². The summed E-state index contributed by atoms with van der Waals surface area (Å²) in [6.45, 7) is 4.15. The van der Waals surface area contributed by atoms with Crippen molar-refractivity contribution >= 4 is 11.3 Å². The summed E-state index contributed by atoms with van der Waals surface area (Å²) < 4.78 is 6.47. The summed E-state index contributed by atoms with van der Waals surface area (Å²) in [5.74, 6) is 0.941. The van der Waals surface area contributed by atoms with Crippen molar-refractivity contribution in [2.75, 3.05) is 32.1 Å². The molecule has 0 atom stereocenters. The molecule has 0 aromatic heterocycles. The van der Waals surface area contributed by atoms with Crippen LogP contribution in [0.5, 0.6) is 5.75 Å². The number of hydrogen-bond donors (Lipinski definition) is 1. The number of nitrogens with zero attached hydrogens (tertiary/aromatic N) is 1. The highest BCUT2D eigenvalue weighted by Gasteiger charge is 2.32. The lowest BCUT2D eigenvalue weighted by Gasteiger charge is -2.36. The van der Waals surface area contributed by atoms with Crippen LogP contribution in [0.15, 0.2) is 60.7 Å². The Labute approximate surface area is 151 Å². The van der Waals surface area contributed by atoms with Crippen LogP contribution in [-0.4, -0.2) is 32.8 Å². The molecule has 2 aromatic carbocycles. The van der Waals surface area contributed by atoms with Crippen molar-refractivity contribution in [3.05, 3.63) is 66.2 Å². The zero-order valence-corrected chi connectivity index (χ0v) is 15.5. The van der Waals surface area contributed by atoms with E-state index in [9.17, 15) is 0 Å². The third-order valence-corrected chi connectivity index (χ3v) is 4.83. The van der Waals surface area contributed by atoms with Gasteiger partial charge in [0.15, 0.2) is 0 Å². The van der Waals surface area contributed by atoms with E-state index < -0.39 is 0 Å². The molecule has 1 aliphatic rings. The summed E-state index contributed by atoms with van der Waals surface area (Å²) in [5.41, 5.74) is 3.49. The van der Waals surface area contributed by atoms with Gasteiger partial charge in [-0.05, 0) is 61.5 Å². The normalized spacial score (nSPS) is 17.2. The zero-order chi connectivity index (χ0) is 17.7. The molecule has 1 saturated heterocycles. The summed E-state index contributed by atoms with van der Waals surface area (Å²) >= 11 is 0. The number of benzene rings is 2. The first-order valence-electron chi connectivity index (χ1n) is 9.00. The molecule has 1 N–H and O–H groups in total. The highest BCUT2D eigenvalue weighted by Crippen LogP contribution is 2.31. The summed E-state index contributed by atoms with van der Waals surface area (Å²) in [7, 11) is 4.13. The second-order valence-electron chi connectivity index (χ2n) is 7.00. The standard InChI is InChI=1S/C22H28N2O/c1-18(19-9-11-20(12-10-19)24(2)3)17-22(13-15-23-16-14-22)25-21-7-5-4-6-8-21/h4-12,17,23H,13-16H2,1-3H3/b18-17+. The number of ether oxygens (including phenoxy) is 1. The minimum absolute atomic E-state index is 0.239. The van der Waals surface area contributed by atoms with Crippen molar-refractivity contribution in [3.8, 4) is 5.75 Å². The Morgan fingerprint density at radius 3 is 2.24 bits per heavy atom. The molecule has 1 fully saturated rings. The third kappa shape index (κ3) is 4.43. The van der Waals surface area contributed by atoms with E-state index in [-0.39, 0.29) is 5.60 Å². The molecule has 2 aromatic rings. The number of rotatable bonds is 5. The van der Waals surface area contributed by atoms with Crippen LogP contribution in [-0.2, 0) is 0 Å². The molecule has 3 rings (SSSR count). The molecule has 1 heterocycles. The summed E-state index contributed by atoms with van der Waals surface area (Å²) in [5, 5.41) is 3.44. The molecule has 0 radical (unpaired) electrons. The van der Waals surface area contributed by atoms with E-state index in [1.807, 2.05) is 30.3 Å². The van der Waals surface area contributed by atoms with Crippen molar-refractivity contribution in [1.82, 2.24) is 5.32 Å². The maximum Gasteiger partial charge on any atom is 0.130 e. The smallest absolute Gasteiger partial charge is 0.130 e. The first kappa shape index (κ1) is 17.6. The van der Waals surface area contributed by atoms with E-state index in [1.54, 1.807) is 0 Å². The van der Waals surface area contributed by atoms with E-state index in [0.717, 1.165) is 31.7 Å². The fourth-order valence-electron chi connectivity index (χ4n) is 3.35. The largest absolute Gasteiger partial charge is 0.483 e. The van der Waals surface area contributed by atoms with Gasteiger partial charge in [-0.1, -0.05) is 30.3 Å². The zero-order valence-electron chi connectivity index (χ0n) is 15.5. The molecule has 3 nitrogen and oxygen atoms in total. The maximum absolute atomic E-state index is 6.47. The van der Waals surface area contributed by atoms with Gasteiger partial charge in [-0.2, -0.15) is 0 Å². The van der Waals surface area contributed by atoms with Gasteiger partial charge in [-0.3, -0.25) is 0 Å². The Balaban J connectivity index is 1.86. The molecule has 0 aliphatic carbocycles. The number of para-hydroxylation sites is 1. The number of allylic oxidation sites excluding steroid dienone is 1. The van der Waals surface area contributed by atoms with E-state index in [4.69, 9.17) is 4.74 Å². The first-order chi connectivity index (χ1) is 12.1. The summed E-state index contributed by atoms with van der Waals surface area (Å²) in [6.07, 6.45) is 4.29. The lowest BCUT2D eigenvalue weighted by atomic mass is 9.88. The molecular formula is C22H28N2O. The highest BCUT2D eigenvalue weighted by molar-refractivity contribution is 5.67. The molecule has 1 aliphatic heterocycles. The van der Waals surface area contributed by atoms with Gasteiger partial charge in [-0.15, -0.1) is 0 Å². The van der Waals surface area contributed by atoms with Crippen molar-refractivity contribution in [2.24, 2.45) is 0 Å². The van der Waals surface area contributed by atoms with Crippen LogP contribution in [0.3, 0.4) is 0 Å². The number of hydrogen-bond acceptors (Lipinski definition) is 3. The van der Waals surface area contributed by atoms with E-state index in [1.165, 1.54) is 16.8 Å². The third-order valence-electron chi connectivity index (χ3n) is 4.83. The predicted octanol–water partition coefficient (Wildman–Crippen LogP) is 4.36. The minimum atomic E-state index is -0.239. The van der Waals surface area contributed by atoms with Crippen molar-refractivity contribution < 1.29 is 4.74 Å². The Morgan fingerprint density at radius 2 is 1.64 bits per heavy atom. The molecule has 132 valence electrons. The Morgan fingerprint density at radius 1 is 1.00 bits per heavy atom. The number of nitrogens with one attached hydrogen (secondary N) is 1. The monoisotopic (exact) mass is 336 g/mol. The van der Waals surface area contributed by atoms with Crippen molar-refractivity contribution in [3.63, 3.8) is 0 Å². The minimum Gasteiger partial charge on any atom is -0.483 e. The molecule has 0 amide bonds. The van der Waals surface area contributed by atoms with Crippen LogP contribution in [0.1, 0.15) is 25.3 Å². The van der Waals surface area contributed by atoms with Gasteiger partial charge in [0.1, 0.15) is 11.4 Å². The molecule has 0 spiro atoms. The molecule has 3 heteroatoms. The lowest BCUT2D eigenvalue weighted by molar-refractivity contribution is 0.0850. The van der Waals surface area contributed by atoms with Gasteiger partial charge in [0.05, 0.1) is 0 Å². The quantitative estimate of drug-likeness (QED) is 0.878. The lowest BCUT2D eigenvalue weighted by Crippen LogP contribution is -2.45. The molecule has 0 unspecified atom stereocenters. The van der Waals surface area contributed by atoms with Gasteiger partial charge < -0.3 is 15.0 Å². The number of anilines is 1. The van der Waals surface area contributed by atoms with Crippen molar-refractivity contribution in [1.29, 1.82) is 0 Å². The highest BCUT2D eigenvalue weighted by atomic mass is 16.5. The average Bonchev–Trinajstić information content (AvgIpc) is 2.63. The van der Waals surface area contributed by atoms with Gasteiger partial charge in [0, 0.05) is 32.6 Å². The summed E-state index contributed by atoms with van der Waals surface area (Å²) in [6, 6.07) is 18.9. The van der Waals surface area contributed by atoms with Gasteiger partial charge in [-0.25, -0.2) is 0 Å². The SMILES string of the molecule is C/C(=C\C1(Oc2ccccc2)CCNCC1)c1ccc(N(C)C)cc1. The summed E-state index contributed by atoms with van der Waals surface area (Å²) in [4.78, 5) is 2.12. The molecule has 0 saturated carbocycles. The van der Waals surface area contributed by atoms with E-state index in [0.29, 0.717) is 0 Å². The Kier molecular flexibility index (Phi) is 5.44. The van der Waals surface area contributed by atoms with E-state index >= 15 is 0 Å². The van der Waals surface area contributed by atoms with Gasteiger partial charge >= 0.3 is 0 Å². The van der Waals surface area contributed by atoms with Crippen LogP contribution >= 0.6 is 0 Å². The number of piperidine rings is 1. The predicted molar refractivity (Wildman–Crippen MR) is 106 cm³/mol. The van der Waals surface area contributed by atoms with Crippen LogP contribution in [0.4, 0.5) is 5.69 Å². The van der Waals surface area contributed by atoms with Crippen LogP contribution in [0.2, 0.25) is 0 Å². The Bertz CT molecular complexity index is 699. The first-order valence-corrected chi connectivity index (χ1v) is 9.00. The fraction of sp³-hybridized carbons (Fsp3) is 0.364. The average molecular weight is 336 g/mol. The fourth-order valence-corrected chi connectivity index (χ4v) is 3.35. The topological polar surface area (TPSA) is 24.5 Å². The Hall–Kier alpha value is -2.26. The van der Waals surface area contributed by atoms with Crippen LogP contribution < -0.4 is 15.0 Å². The molecule has 0 bridgehead atoms. The van der Waals surface area contributed by atoms with Crippen molar-refractivity contribution in [2.45, 2.75) is 25.4 Å². The second kappa shape index (κ2) is 7.75. The van der Waals surface area contributed by atoms with Gasteiger partial charge in [0.25, 0.3) is 0 Å². The van der Waals surface area contributed by atoms with Gasteiger partial charge in [0.2, 0.25) is 0 Å². The maximum atomic E-state index is 6.47. The molecule has 25 heavy (non-hydrogen) atoms.